The van der Waals surface area contributed by atoms with Crippen LogP contribution >= 0.6 is 0 Å². The van der Waals surface area contributed by atoms with Gasteiger partial charge in [0.25, 0.3) is 0 Å². The first kappa shape index (κ1) is 13.5. The smallest absolute Gasteiger partial charge is 0.132 e. The van der Waals surface area contributed by atoms with Crippen molar-refractivity contribution in [2.45, 2.75) is 13.0 Å². The van der Waals surface area contributed by atoms with Crippen LogP contribution in [0.4, 0.5) is 8.78 Å². The predicted octanol–water partition coefficient (Wildman–Crippen LogP) is 3.05. The van der Waals surface area contributed by atoms with Gasteiger partial charge in [-0.2, -0.15) is 0 Å². The van der Waals surface area contributed by atoms with Crippen LogP contribution in [0.15, 0.2) is 42.5 Å². The summed E-state index contributed by atoms with van der Waals surface area (Å²) >= 11 is 0. The van der Waals surface area contributed by atoms with E-state index in [2.05, 4.69) is 0 Å². The minimum absolute atomic E-state index is 0.0632. The van der Waals surface area contributed by atoms with E-state index in [1.807, 2.05) is 18.2 Å². The predicted molar refractivity (Wildman–Crippen MR) is 69.9 cm³/mol. The Morgan fingerprint density at radius 2 is 1.68 bits per heavy atom. The first-order valence-electron chi connectivity index (χ1n) is 6.05. The molecule has 19 heavy (non-hydrogen) atoms. The molecule has 0 heterocycles. The van der Waals surface area contributed by atoms with Gasteiger partial charge < -0.3 is 10.5 Å². The number of hydrogen-bond donors (Lipinski definition) is 1. The van der Waals surface area contributed by atoms with E-state index < -0.39 is 11.6 Å². The van der Waals surface area contributed by atoms with Gasteiger partial charge in [-0.25, -0.2) is 8.78 Å². The summed E-state index contributed by atoms with van der Waals surface area (Å²) in [6, 6.07) is 11.1. The topological polar surface area (TPSA) is 35.2 Å². The Balaban J connectivity index is 2.08. The molecule has 0 fully saturated rings. The third-order valence-corrected chi connectivity index (χ3v) is 2.78. The van der Waals surface area contributed by atoms with E-state index in [1.54, 1.807) is 6.07 Å². The molecule has 0 unspecified atom stereocenters. The summed E-state index contributed by atoms with van der Waals surface area (Å²) in [5.41, 5.74) is 6.45. The van der Waals surface area contributed by atoms with E-state index in [1.165, 1.54) is 18.2 Å². The lowest BCUT2D eigenvalue weighted by atomic mass is 10.1. The van der Waals surface area contributed by atoms with Crippen molar-refractivity contribution in [2.24, 2.45) is 5.73 Å². The van der Waals surface area contributed by atoms with Crippen LogP contribution in [0.2, 0.25) is 0 Å². The van der Waals surface area contributed by atoms with Crippen molar-refractivity contribution in [1.82, 2.24) is 0 Å². The van der Waals surface area contributed by atoms with Gasteiger partial charge in [0.15, 0.2) is 0 Å². The zero-order valence-electron chi connectivity index (χ0n) is 10.4. The molecule has 0 bridgehead atoms. The number of benzene rings is 2. The summed E-state index contributed by atoms with van der Waals surface area (Å²) in [6.45, 7) is 0.413. The summed E-state index contributed by atoms with van der Waals surface area (Å²) in [7, 11) is 0. The van der Waals surface area contributed by atoms with Crippen LogP contribution in [0.25, 0.3) is 0 Å². The van der Waals surface area contributed by atoms with Crippen molar-refractivity contribution in [3.8, 4) is 5.75 Å². The Morgan fingerprint density at radius 3 is 2.37 bits per heavy atom. The second-order valence-corrected chi connectivity index (χ2v) is 4.17. The molecule has 2 rings (SSSR count). The Bertz CT molecular complexity index is 537. The van der Waals surface area contributed by atoms with Gasteiger partial charge >= 0.3 is 0 Å². The van der Waals surface area contributed by atoms with Gasteiger partial charge in [0.2, 0.25) is 0 Å². The third-order valence-electron chi connectivity index (χ3n) is 2.78. The summed E-state index contributed by atoms with van der Waals surface area (Å²) in [4.78, 5) is 0. The van der Waals surface area contributed by atoms with Gasteiger partial charge in [-0.05, 0) is 42.8 Å². The van der Waals surface area contributed by atoms with Crippen LogP contribution in [-0.2, 0) is 13.0 Å². The van der Waals surface area contributed by atoms with Crippen molar-refractivity contribution in [3.63, 3.8) is 0 Å². The van der Waals surface area contributed by atoms with Gasteiger partial charge in [0, 0.05) is 0 Å². The second-order valence-electron chi connectivity index (χ2n) is 4.17. The van der Waals surface area contributed by atoms with Crippen LogP contribution < -0.4 is 10.5 Å². The van der Waals surface area contributed by atoms with Crippen molar-refractivity contribution in [3.05, 3.63) is 65.2 Å². The summed E-state index contributed by atoms with van der Waals surface area (Å²) in [5.74, 6) is -0.621. The quantitative estimate of drug-likeness (QED) is 0.899. The number of nitrogens with two attached hydrogens (primary N) is 1. The molecule has 0 aromatic heterocycles. The Labute approximate surface area is 110 Å². The molecule has 0 saturated carbocycles. The fourth-order valence-corrected chi connectivity index (χ4v) is 1.78. The molecule has 0 aliphatic heterocycles. The highest BCUT2D eigenvalue weighted by atomic mass is 19.1. The van der Waals surface area contributed by atoms with Crippen molar-refractivity contribution in [2.75, 3.05) is 6.54 Å². The lowest BCUT2D eigenvalue weighted by molar-refractivity contribution is 0.292. The Morgan fingerprint density at radius 1 is 1.00 bits per heavy atom. The van der Waals surface area contributed by atoms with Crippen LogP contribution in [0.3, 0.4) is 0 Å². The minimum atomic E-state index is -0.599. The largest absolute Gasteiger partial charge is 0.489 e. The van der Waals surface area contributed by atoms with E-state index in [4.69, 9.17) is 10.5 Å². The van der Waals surface area contributed by atoms with Crippen LogP contribution in [-0.4, -0.2) is 6.54 Å². The molecule has 0 aliphatic carbocycles. The number of ether oxygens (including phenoxy) is 1. The fourth-order valence-electron chi connectivity index (χ4n) is 1.78. The van der Waals surface area contributed by atoms with Gasteiger partial charge in [-0.1, -0.05) is 18.2 Å². The zero-order chi connectivity index (χ0) is 13.7. The molecule has 2 N–H and O–H groups in total. The summed E-state index contributed by atoms with van der Waals surface area (Å²) in [6.07, 6.45) is 0.741. The van der Waals surface area contributed by atoms with Crippen molar-refractivity contribution in [1.29, 1.82) is 0 Å². The fraction of sp³-hybridized carbons (Fsp3) is 0.200. The van der Waals surface area contributed by atoms with E-state index in [0.29, 0.717) is 12.3 Å². The van der Waals surface area contributed by atoms with Crippen LogP contribution in [0.1, 0.15) is 11.1 Å². The molecule has 2 aromatic carbocycles. The molecule has 0 aliphatic rings. The molecular weight excluding hydrogens is 248 g/mol. The molecule has 4 heteroatoms. The normalized spacial score (nSPS) is 10.5. The molecule has 0 radical (unpaired) electrons. The molecular formula is C15H15F2NO. The highest BCUT2D eigenvalue weighted by Gasteiger charge is 2.09. The first-order chi connectivity index (χ1) is 9.20. The highest BCUT2D eigenvalue weighted by Crippen LogP contribution is 2.18. The molecule has 0 saturated heterocycles. The lowest BCUT2D eigenvalue weighted by Gasteiger charge is -2.09. The summed E-state index contributed by atoms with van der Waals surface area (Å²) < 4.78 is 32.3. The Kier molecular flexibility index (Phi) is 4.47. The maximum absolute atomic E-state index is 13.4. The first-order valence-corrected chi connectivity index (χ1v) is 6.05. The van der Waals surface area contributed by atoms with E-state index in [0.717, 1.165) is 12.0 Å². The van der Waals surface area contributed by atoms with Crippen LogP contribution in [0.5, 0.6) is 5.75 Å². The molecule has 0 atom stereocenters. The average Bonchev–Trinajstić information content (AvgIpc) is 2.39. The van der Waals surface area contributed by atoms with E-state index in [-0.39, 0.29) is 12.2 Å². The second kappa shape index (κ2) is 6.29. The summed E-state index contributed by atoms with van der Waals surface area (Å²) in [5, 5.41) is 0. The average molecular weight is 263 g/mol. The number of halogens is 2. The molecule has 2 aromatic rings. The SMILES string of the molecule is NCCc1cccc(OCc2c(F)cccc2F)c1. The lowest BCUT2D eigenvalue weighted by Crippen LogP contribution is -2.04. The third kappa shape index (κ3) is 3.51. The highest BCUT2D eigenvalue weighted by molar-refractivity contribution is 5.29. The molecule has 0 spiro atoms. The maximum atomic E-state index is 13.4. The number of hydrogen-bond acceptors (Lipinski definition) is 2. The Hall–Kier alpha value is -1.94. The zero-order valence-corrected chi connectivity index (χ0v) is 10.4. The number of rotatable bonds is 5. The van der Waals surface area contributed by atoms with Crippen LogP contribution in [0, 0.1) is 11.6 Å². The maximum Gasteiger partial charge on any atom is 0.132 e. The van der Waals surface area contributed by atoms with E-state index >= 15 is 0 Å². The van der Waals surface area contributed by atoms with E-state index in [9.17, 15) is 8.78 Å². The molecule has 100 valence electrons. The van der Waals surface area contributed by atoms with Gasteiger partial charge in [0.1, 0.15) is 24.0 Å². The minimum Gasteiger partial charge on any atom is -0.489 e. The van der Waals surface area contributed by atoms with Crippen molar-refractivity contribution < 1.29 is 13.5 Å². The van der Waals surface area contributed by atoms with Gasteiger partial charge in [-0.15, -0.1) is 0 Å². The standard InChI is InChI=1S/C15H15F2NO/c16-14-5-2-6-15(17)13(14)10-19-12-4-1-3-11(9-12)7-8-18/h1-6,9H,7-8,10,18H2. The molecule has 0 amide bonds. The molecule has 2 nitrogen and oxygen atoms in total. The monoisotopic (exact) mass is 263 g/mol. The van der Waals surface area contributed by atoms with Crippen molar-refractivity contribution >= 4 is 0 Å². The van der Waals surface area contributed by atoms with Gasteiger partial charge in [-0.3, -0.25) is 0 Å². The van der Waals surface area contributed by atoms with Gasteiger partial charge in [0.05, 0.1) is 5.56 Å².